The van der Waals surface area contributed by atoms with Gasteiger partial charge in [-0.25, -0.2) is 0 Å². The molecule has 4 nitrogen and oxygen atoms in total. The zero-order chi connectivity index (χ0) is 23.0. The minimum Gasteiger partial charge on any atom is -0.352 e. The molecule has 0 fully saturated rings. The smallest absolute Gasteiger partial charge is 0.243 e. The fourth-order valence-electron chi connectivity index (χ4n) is 3.68. The second-order valence-corrected chi connectivity index (χ2v) is 9.57. The highest BCUT2D eigenvalue weighted by atomic mass is 32.2. The van der Waals surface area contributed by atoms with Crippen LogP contribution in [-0.2, 0) is 21.9 Å². The summed E-state index contributed by atoms with van der Waals surface area (Å²) in [7, 11) is 0. The Labute approximate surface area is 191 Å². The number of nitrogens with one attached hydrogen (secondary N) is 1. The summed E-state index contributed by atoms with van der Waals surface area (Å²) >= 11 is 1.60. The molecule has 1 atom stereocenters. The van der Waals surface area contributed by atoms with E-state index in [-0.39, 0.29) is 17.9 Å². The Kier molecular flexibility index (Phi) is 9.63. The normalized spacial score (nSPS) is 12.0. The first-order valence-corrected chi connectivity index (χ1v) is 12.1. The van der Waals surface area contributed by atoms with Gasteiger partial charge in [0.05, 0.1) is 5.75 Å². The first kappa shape index (κ1) is 25.0. The first-order chi connectivity index (χ1) is 14.7. The molecule has 2 amide bonds. The zero-order valence-electron chi connectivity index (χ0n) is 19.7. The Hall–Kier alpha value is -2.27. The summed E-state index contributed by atoms with van der Waals surface area (Å²) in [5, 5.41) is 2.98. The van der Waals surface area contributed by atoms with Crippen molar-refractivity contribution in [3.63, 3.8) is 0 Å². The molecular weight excluding hydrogens is 404 g/mol. The van der Waals surface area contributed by atoms with Crippen LogP contribution in [0.5, 0.6) is 0 Å². The van der Waals surface area contributed by atoms with Crippen LogP contribution in [0.4, 0.5) is 0 Å². The molecule has 0 heterocycles. The van der Waals surface area contributed by atoms with Gasteiger partial charge >= 0.3 is 0 Å². The SMILES string of the molecule is CC[C@H](C(=O)NC(C)C)N(Cc1ccc(C)cc1)C(=O)CSCc1cc(C)cc(C)c1. The average molecular weight is 441 g/mol. The van der Waals surface area contributed by atoms with Crippen molar-refractivity contribution in [2.75, 3.05) is 5.75 Å². The molecule has 2 aromatic carbocycles. The number of rotatable bonds is 10. The summed E-state index contributed by atoms with van der Waals surface area (Å²) in [5.74, 6) is 1.05. The molecule has 0 aromatic heterocycles. The Morgan fingerprint density at radius 2 is 1.55 bits per heavy atom. The molecule has 0 saturated carbocycles. The van der Waals surface area contributed by atoms with E-state index in [1.165, 1.54) is 22.3 Å². The summed E-state index contributed by atoms with van der Waals surface area (Å²) in [6, 6.07) is 14.2. The largest absolute Gasteiger partial charge is 0.352 e. The third-order valence-electron chi connectivity index (χ3n) is 5.07. The lowest BCUT2D eigenvalue weighted by Crippen LogP contribution is -2.50. The Balaban J connectivity index is 2.13. The van der Waals surface area contributed by atoms with E-state index < -0.39 is 6.04 Å². The number of amides is 2. The van der Waals surface area contributed by atoms with Gasteiger partial charge < -0.3 is 10.2 Å². The minimum atomic E-state index is -0.474. The predicted molar refractivity (Wildman–Crippen MR) is 131 cm³/mol. The topological polar surface area (TPSA) is 49.4 Å². The molecule has 0 spiro atoms. The number of nitrogens with zero attached hydrogens (tertiary/aromatic N) is 1. The van der Waals surface area contributed by atoms with E-state index in [0.717, 1.165) is 11.3 Å². The molecule has 0 bridgehead atoms. The molecule has 31 heavy (non-hydrogen) atoms. The van der Waals surface area contributed by atoms with E-state index in [4.69, 9.17) is 0 Å². The van der Waals surface area contributed by atoms with Crippen LogP contribution >= 0.6 is 11.8 Å². The molecule has 1 N–H and O–H groups in total. The highest BCUT2D eigenvalue weighted by Crippen LogP contribution is 2.19. The van der Waals surface area contributed by atoms with E-state index in [1.54, 1.807) is 16.7 Å². The van der Waals surface area contributed by atoms with Crippen LogP contribution in [0.25, 0.3) is 0 Å². The molecule has 2 rings (SSSR count). The van der Waals surface area contributed by atoms with Crippen molar-refractivity contribution in [1.29, 1.82) is 0 Å². The van der Waals surface area contributed by atoms with Crippen molar-refractivity contribution in [2.45, 2.75) is 72.3 Å². The van der Waals surface area contributed by atoms with Gasteiger partial charge in [-0.2, -0.15) is 0 Å². The molecule has 0 saturated heterocycles. The van der Waals surface area contributed by atoms with Crippen LogP contribution in [-0.4, -0.2) is 34.6 Å². The number of carbonyl (C=O) groups excluding carboxylic acids is 2. The van der Waals surface area contributed by atoms with Crippen molar-refractivity contribution in [1.82, 2.24) is 10.2 Å². The second-order valence-electron chi connectivity index (χ2n) is 8.58. The zero-order valence-corrected chi connectivity index (χ0v) is 20.5. The third-order valence-corrected chi connectivity index (χ3v) is 6.05. The van der Waals surface area contributed by atoms with Crippen molar-refractivity contribution >= 4 is 23.6 Å². The lowest BCUT2D eigenvalue weighted by Gasteiger charge is -2.31. The Morgan fingerprint density at radius 1 is 0.935 bits per heavy atom. The van der Waals surface area contributed by atoms with E-state index in [9.17, 15) is 9.59 Å². The highest BCUT2D eigenvalue weighted by molar-refractivity contribution is 7.99. The molecule has 0 aliphatic carbocycles. The summed E-state index contributed by atoms with van der Waals surface area (Å²) in [5.41, 5.74) is 5.91. The summed E-state index contributed by atoms with van der Waals surface area (Å²) in [4.78, 5) is 27.8. The van der Waals surface area contributed by atoms with Gasteiger partial charge in [0.25, 0.3) is 0 Å². The maximum absolute atomic E-state index is 13.3. The molecule has 168 valence electrons. The van der Waals surface area contributed by atoms with Crippen molar-refractivity contribution in [3.05, 3.63) is 70.3 Å². The number of aryl methyl sites for hydroxylation is 3. The number of carbonyl (C=O) groups is 2. The van der Waals surface area contributed by atoms with Crippen LogP contribution in [0.2, 0.25) is 0 Å². The van der Waals surface area contributed by atoms with Crippen molar-refractivity contribution in [3.8, 4) is 0 Å². The maximum atomic E-state index is 13.3. The average Bonchev–Trinajstić information content (AvgIpc) is 2.68. The summed E-state index contributed by atoms with van der Waals surface area (Å²) in [6.45, 7) is 12.5. The van der Waals surface area contributed by atoms with Crippen LogP contribution < -0.4 is 5.32 Å². The van der Waals surface area contributed by atoms with Gasteiger partial charge in [0, 0.05) is 18.3 Å². The second kappa shape index (κ2) is 11.9. The Morgan fingerprint density at radius 3 is 2.10 bits per heavy atom. The van der Waals surface area contributed by atoms with Crippen molar-refractivity contribution < 1.29 is 9.59 Å². The van der Waals surface area contributed by atoms with Gasteiger partial charge in [-0.1, -0.05) is 66.1 Å². The molecule has 5 heteroatoms. The number of thioether (sulfide) groups is 1. The summed E-state index contributed by atoms with van der Waals surface area (Å²) < 4.78 is 0. The minimum absolute atomic E-state index is 0.000654. The van der Waals surface area contributed by atoms with Gasteiger partial charge in [0.1, 0.15) is 6.04 Å². The molecule has 0 aliphatic heterocycles. The number of hydrogen-bond donors (Lipinski definition) is 1. The van der Waals surface area contributed by atoms with E-state index in [2.05, 4.69) is 37.4 Å². The quantitative estimate of drug-likeness (QED) is 0.554. The summed E-state index contributed by atoms with van der Waals surface area (Å²) in [6.07, 6.45) is 0.581. The Bertz CT molecular complexity index is 857. The number of benzene rings is 2. The maximum Gasteiger partial charge on any atom is 0.243 e. The van der Waals surface area contributed by atoms with Gasteiger partial charge in [0.2, 0.25) is 11.8 Å². The van der Waals surface area contributed by atoms with Crippen LogP contribution in [0.1, 0.15) is 55.0 Å². The lowest BCUT2D eigenvalue weighted by atomic mass is 10.1. The van der Waals surface area contributed by atoms with Crippen LogP contribution in [0.3, 0.4) is 0 Å². The predicted octanol–water partition coefficient (Wildman–Crippen LogP) is 5.18. The van der Waals surface area contributed by atoms with E-state index in [0.29, 0.717) is 18.7 Å². The first-order valence-electron chi connectivity index (χ1n) is 11.0. The molecule has 0 radical (unpaired) electrons. The van der Waals surface area contributed by atoms with E-state index >= 15 is 0 Å². The van der Waals surface area contributed by atoms with Gasteiger partial charge in [0.15, 0.2) is 0 Å². The monoisotopic (exact) mass is 440 g/mol. The molecular formula is C26H36N2O2S. The van der Waals surface area contributed by atoms with Gasteiger partial charge in [-0.3, -0.25) is 9.59 Å². The van der Waals surface area contributed by atoms with Crippen LogP contribution in [0.15, 0.2) is 42.5 Å². The van der Waals surface area contributed by atoms with Crippen LogP contribution in [0, 0.1) is 20.8 Å². The van der Waals surface area contributed by atoms with E-state index in [1.807, 2.05) is 52.0 Å². The van der Waals surface area contributed by atoms with Gasteiger partial charge in [-0.15, -0.1) is 11.8 Å². The lowest BCUT2D eigenvalue weighted by molar-refractivity contribution is -0.139. The third kappa shape index (κ3) is 8.06. The van der Waals surface area contributed by atoms with Crippen molar-refractivity contribution in [2.24, 2.45) is 0 Å². The fourth-order valence-corrected chi connectivity index (χ4v) is 4.53. The number of hydrogen-bond acceptors (Lipinski definition) is 3. The molecule has 0 unspecified atom stereocenters. The van der Waals surface area contributed by atoms with Gasteiger partial charge in [-0.05, 0) is 52.2 Å². The fraction of sp³-hybridized carbons (Fsp3) is 0.462. The standard InChI is InChI=1S/C26H36N2O2S/c1-7-24(26(30)27-18(2)3)28(15-22-10-8-19(4)9-11-22)25(29)17-31-16-23-13-20(5)12-21(6)14-23/h8-14,18,24H,7,15-17H2,1-6H3,(H,27,30)/t24-/m1/s1. The highest BCUT2D eigenvalue weighted by Gasteiger charge is 2.28. The molecule has 2 aromatic rings. The molecule has 0 aliphatic rings.